The van der Waals surface area contributed by atoms with Crippen LogP contribution in [0.25, 0.3) is 10.9 Å². The standard InChI is InChI=1S/C21H29N3O2/c1-3-16(4-2)20(24-11-13-26-14-12-24)15-22-21(25)19-10-9-17-7-5-6-8-18(17)23-19/h5-10,16,20H,3-4,11-15H2,1-2H3,(H,22,25). The summed E-state index contributed by atoms with van der Waals surface area (Å²) in [6, 6.07) is 12.0. The predicted octanol–water partition coefficient (Wildman–Crippen LogP) is 3.10. The molecule has 0 spiro atoms. The monoisotopic (exact) mass is 355 g/mol. The summed E-state index contributed by atoms with van der Waals surface area (Å²) in [7, 11) is 0. The number of carbonyl (C=O) groups is 1. The molecular weight excluding hydrogens is 326 g/mol. The van der Waals surface area contributed by atoms with Crippen LogP contribution < -0.4 is 5.32 Å². The highest BCUT2D eigenvalue weighted by Crippen LogP contribution is 2.20. The predicted molar refractivity (Wildman–Crippen MR) is 104 cm³/mol. The summed E-state index contributed by atoms with van der Waals surface area (Å²) in [6.45, 7) is 8.53. The van der Waals surface area contributed by atoms with Gasteiger partial charge in [0.05, 0.1) is 18.7 Å². The third-order valence-electron chi connectivity index (χ3n) is 5.41. The Labute approximate surface area is 155 Å². The minimum absolute atomic E-state index is 0.0973. The van der Waals surface area contributed by atoms with E-state index < -0.39 is 0 Å². The van der Waals surface area contributed by atoms with Gasteiger partial charge < -0.3 is 10.1 Å². The summed E-state index contributed by atoms with van der Waals surface area (Å²) in [4.78, 5) is 19.6. The first-order valence-corrected chi connectivity index (χ1v) is 9.68. The number of rotatable bonds is 7. The second kappa shape index (κ2) is 9.10. The van der Waals surface area contributed by atoms with Crippen LogP contribution in [0.4, 0.5) is 0 Å². The van der Waals surface area contributed by atoms with E-state index in [0.29, 0.717) is 24.2 Å². The molecule has 0 bridgehead atoms. The Kier molecular flexibility index (Phi) is 6.58. The van der Waals surface area contributed by atoms with Crippen molar-refractivity contribution < 1.29 is 9.53 Å². The van der Waals surface area contributed by atoms with Gasteiger partial charge in [0, 0.05) is 31.1 Å². The largest absolute Gasteiger partial charge is 0.379 e. The van der Waals surface area contributed by atoms with Crippen molar-refractivity contribution in [1.29, 1.82) is 0 Å². The van der Waals surface area contributed by atoms with Crippen LogP contribution >= 0.6 is 0 Å². The summed E-state index contributed by atoms with van der Waals surface area (Å²) in [5.74, 6) is 0.470. The molecule has 1 aromatic heterocycles. The zero-order valence-electron chi connectivity index (χ0n) is 15.8. The molecule has 1 atom stereocenters. The SMILES string of the molecule is CCC(CC)C(CNC(=O)c1ccc2ccccc2n1)N1CCOCC1. The van der Waals surface area contributed by atoms with Crippen molar-refractivity contribution in [3.8, 4) is 0 Å². The van der Waals surface area contributed by atoms with Gasteiger partial charge in [0.2, 0.25) is 0 Å². The molecule has 140 valence electrons. The highest BCUT2D eigenvalue weighted by atomic mass is 16.5. The first-order valence-electron chi connectivity index (χ1n) is 9.68. The fraction of sp³-hybridized carbons (Fsp3) is 0.524. The molecule has 0 saturated carbocycles. The smallest absolute Gasteiger partial charge is 0.269 e. The highest BCUT2D eigenvalue weighted by Gasteiger charge is 2.27. The van der Waals surface area contributed by atoms with E-state index in [1.165, 1.54) is 0 Å². The van der Waals surface area contributed by atoms with E-state index in [-0.39, 0.29) is 5.91 Å². The molecule has 1 aliphatic rings. The van der Waals surface area contributed by atoms with Gasteiger partial charge in [0.1, 0.15) is 5.69 Å². The minimum Gasteiger partial charge on any atom is -0.379 e. The van der Waals surface area contributed by atoms with Crippen molar-refractivity contribution in [2.45, 2.75) is 32.7 Å². The van der Waals surface area contributed by atoms with Crippen molar-refractivity contribution >= 4 is 16.8 Å². The average Bonchev–Trinajstić information content (AvgIpc) is 2.71. The number of morpholine rings is 1. The number of aromatic nitrogens is 1. The zero-order chi connectivity index (χ0) is 18.4. The van der Waals surface area contributed by atoms with E-state index in [4.69, 9.17) is 4.74 Å². The van der Waals surface area contributed by atoms with Crippen molar-refractivity contribution in [2.24, 2.45) is 5.92 Å². The number of ether oxygens (including phenoxy) is 1. The van der Waals surface area contributed by atoms with Crippen LogP contribution in [0, 0.1) is 5.92 Å². The van der Waals surface area contributed by atoms with Crippen LogP contribution in [0.2, 0.25) is 0 Å². The minimum atomic E-state index is -0.0973. The molecule has 0 radical (unpaired) electrons. The van der Waals surface area contributed by atoms with E-state index in [2.05, 4.69) is 29.0 Å². The lowest BCUT2D eigenvalue weighted by molar-refractivity contribution is 0.00190. The number of nitrogens with zero attached hydrogens (tertiary/aromatic N) is 2. The van der Waals surface area contributed by atoms with Crippen LogP contribution in [0.1, 0.15) is 37.2 Å². The Bertz CT molecular complexity index is 724. The molecule has 0 aliphatic carbocycles. The van der Waals surface area contributed by atoms with Gasteiger partial charge in [-0.1, -0.05) is 51.0 Å². The van der Waals surface area contributed by atoms with E-state index >= 15 is 0 Å². The molecule has 1 unspecified atom stereocenters. The van der Waals surface area contributed by atoms with Crippen molar-refractivity contribution in [3.05, 3.63) is 42.1 Å². The Morgan fingerprint density at radius 2 is 1.88 bits per heavy atom. The molecule has 1 aliphatic heterocycles. The quantitative estimate of drug-likeness (QED) is 0.829. The van der Waals surface area contributed by atoms with Gasteiger partial charge in [-0.15, -0.1) is 0 Å². The lowest BCUT2D eigenvalue weighted by Gasteiger charge is -2.38. The van der Waals surface area contributed by atoms with Gasteiger partial charge >= 0.3 is 0 Å². The fourth-order valence-corrected chi connectivity index (χ4v) is 3.82. The number of benzene rings is 1. The maximum absolute atomic E-state index is 12.7. The molecule has 5 nitrogen and oxygen atoms in total. The van der Waals surface area contributed by atoms with E-state index in [1.54, 1.807) is 6.07 Å². The molecule has 2 heterocycles. The van der Waals surface area contributed by atoms with E-state index in [1.807, 2.05) is 30.3 Å². The third-order valence-corrected chi connectivity index (χ3v) is 5.41. The molecule has 2 aromatic rings. The molecule has 1 fully saturated rings. The highest BCUT2D eigenvalue weighted by molar-refractivity contribution is 5.94. The van der Waals surface area contributed by atoms with Crippen LogP contribution in [-0.2, 0) is 4.74 Å². The molecule has 1 saturated heterocycles. The van der Waals surface area contributed by atoms with Crippen LogP contribution in [0.3, 0.4) is 0 Å². The third kappa shape index (κ3) is 4.40. The topological polar surface area (TPSA) is 54.5 Å². The summed E-state index contributed by atoms with van der Waals surface area (Å²) in [6.07, 6.45) is 2.23. The first kappa shape index (κ1) is 18.8. The molecule has 3 rings (SSSR count). The molecule has 1 aromatic carbocycles. The second-order valence-corrected chi connectivity index (χ2v) is 6.89. The molecule has 5 heteroatoms. The molecule has 1 amide bonds. The van der Waals surface area contributed by atoms with Gasteiger partial charge in [-0.3, -0.25) is 9.69 Å². The van der Waals surface area contributed by atoms with Crippen LogP contribution in [0.15, 0.2) is 36.4 Å². The lowest BCUT2D eigenvalue weighted by Crippen LogP contribution is -2.52. The molecular formula is C21H29N3O2. The summed E-state index contributed by atoms with van der Waals surface area (Å²) in [5.41, 5.74) is 1.33. The number of amides is 1. The van der Waals surface area contributed by atoms with Crippen LogP contribution in [0.5, 0.6) is 0 Å². The van der Waals surface area contributed by atoms with Gasteiger partial charge in [0.15, 0.2) is 0 Å². The normalized spacial score (nSPS) is 16.7. The molecule has 26 heavy (non-hydrogen) atoms. The van der Waals surface area contributed by atoms with Gasteiger partial charge in [0.25, 0.3) is 5.91 Å². The number of carbonyl (C=O) groups excluding carboxylic acids is 1. The number of nitrogens with one attached hydrogen (secondary N) is 1. The summed E-state index contributed by atoms with van der Waals surface area (Å²) >= 11 is 0. The van der Waals surface area contributed by atoms with Crippen molar-refractivity contribution in [1.82, 2.24) is 15.2 Å². The number of para-hydroxylation sites is 1. The van der Waals surface area contributed by atoms with Gasteiger partial charge in [-0.2, -0.15) is 0 Å². The lowest BCUT2D eigenvalue weighted by atomic mass is 9.92. The average molecular weight is 355 g/mol. The second-order valence-electron chi connectivity index (χ2n) is 6.89. The number of hydrogen-bond donors (Lipinski definition) is 1. The number of pyridine rings is 1. The maximum Gasteiger partial charge on any atom is 0.269 e. The van der Waals surface area contributed by atoms with E-state index in [0.717, 1.165) is 50.0 Å². The van der Waals surface area contributed by atoms with Crippen LogP contribution in [-0.4, -0.2) is 54.7 Å². The zero-order valence-corrected chi connectivity index (χ0v) is 15.8. The van der Waals surface area contributed by atoms with Crippen molar-refractivity contribution in [2.75, 3.05) is 32.8 Å². The maximum atomic E-state index is 12.7. The Hall–Kier alpha value is -1.98. The first-order chi connectivity index (χ1) is 12.7. The van der Waals surface area contributed by atoms with Gasteiger partial charge in [-0.25, -0.2) is 4.98 Å². The summed E-state index contributed by atoms with van der Waals surface area (Å²) in [5, 5.41) is 4.17. The summed E-state index contributed by atoms with van der Waals surface area (Å²) < 4.78 is 5.49. The molecule has 1 N–H and O–H groups in total. The van der Waals surface area contributed by atoms with E-state index in [9.17, 15) is 4.79 Å². The number of hydrogen-bond acceptors (Lipinski definition) is 4. The number of fused-ring (bicyclic) bond motifs is 1. The Morgan fingerprint density at radius 3 is 2.62 bits per heavy atom. The Balaban J connectivity index is 1.69. The van der Waals surface area contributed by atoms with Crippen molar-refractivity contribution in [3.63, 3.8) is 0 Å². The van der Waals surface area contributed by atoms with Gasteiger partial charge in [-0.05, 0) is 18.1 Å². The Morgan fingerprint density at radius 1 is 1.15 bits per heavy atom. The fourth-order valence-electron chi connectivity index (χ4n) is 3.82.